The second-order valence-corrected chi connectivity index (χ2v) is 6.89. The molecule has 0 aliphatic carbocycles. The maximum Gasteiger partial charge on any atom is 0.178 e. The number of nitrogens with zero attached hydrogens (tertiary/aromatic N) is 5. The van der Waals surface area contributed by atoms with Crippen LogP contribution >= 0.6 is 22.9 Å². The zero-order valence-corrected chi connectivity index (χ0v) is 14.1. The Bertz CT molecular complexity index is 947. The number of rotatable bonds is 4. The van der Waals surface area contributed by atoms with Crippen LogP contribution in [0, 0.1) is 0 Å². The summed E-state index contributed by atoms with van der Waals surface area (Å²) in [5.74, 6) is 1.43. The number of halogens is 1. The molecule has 118 valence electrons. The average Bonchev–Trinajstić information content (AvgIpc) is 3.25. The van der Waals surface area contributed by atoms with Crippen molar-refractivity contribution in [2.24, 2.45) is 0 Å². The molecule has 4 aromatic heterocycles. The van der Waals surface area contributed by atoms with Crippen LogP contribution in [0.5, 0.6) is 0 Å². The molecule has 0 bridgehead atoms. The molecule has 0 N–H and O–H groups in total. The van der Waals surface area contributed by atoms with Gasteiger partial charge in [-0.05, 0) is 24.3 Å². The summed E-state index contributed by atoms with van der Waals surface area (Å²) in [7, 11) is 0. The first-order chi connectivity index (χ1) is 11.8. The molecule has 0 spiro atoms. The number of hydrogen-bond acceptors (Lipinski definition) is 5. The van der Waals surface area contributed by atoms with Crippen molar-refractivity contribution in [1.82, 2.24) is 24.5 Å². The summed E-state index contributed by atoms with van der Waals surface area (Å²) in [6, 6.07) is 9.60. The van der Waals surface area contributed by atoms with Gasteiger partial charge in [-0.3, -0.25) is 4.98 Å². The fourth-order valence-electron chi connectivity index (χ4n) is 2.37. The third kappa shape index (κ3) is 3.06. The molecule has 0 aromatic carbocycles. The van der Waals surface area contributed by atoms with Gasteiger partial charge in [-0.25, -0.2) is 15.0 Å². The van der Waals surface area contributed by atoms with Gasteiger partial charge in [0.25, 0.3) is 0 Å². The van der Waals surface area contributed by atoms with Gasteiger partial charge in [0.05, 0.1) is 16.4 Å². The summed E-state index contributed by atoms with van der Waals surface area (Å²) >= 11 is 7.57. The lowest BCUT2D eigenvalue weighted by molar-refractivity contribution is 0.818. The summed E-state index contributed by atoms with van der Waals surface area (Å²) in [6.07, 6.45) is 8.99. The van der Waals surface area contributed by atoms with Gasteiger partial charge in [0.15, 0.2) is 5.82 Å². The highest BCUT2D eigenvalue weighted by Gasteiger charge is 2.10. The van der Waals surface area contributed by atoms with E-state index in [2.05, 4.69) is 24.5 Å². The average molecular weight is 354 g/mol. The SMILES string of the molecule is Clc1ccc(Cn2ccnc2-c2cnc(-c3ccccn3)nc2)s1. The van der Waals surface area contributed by atoms with E-state index in [9.17, 15) is 0 Å². The normalized spacial score (nSPS) is 10.9. The Morgan fingerprint density at radius 1 is 0.958 bits per heavy atom. The first kappa shape index (κ1) is 15.0. The highest BCUT2D eigenvalue weighted by Crippen LogP contribution is 2.24. The summed E-state index contributed by atoms with van der Waals surface area (Å²) in [6.45, 7) is 0.717. The molecular weight excluding hydrogens is 342 g/mol. The molecule has 0 unspecified atom stereocenters. The summed E-state index contributed by atoms with van der Waals surface area (Å²) in [5, 5.41) is 0. The lowest BCUT2D eigenvalue weighted by Crippen LogP contribution is -2.01. The Morgan fingerprint density at radius 3 is 2.54 bits per heavy atom. The third-order valence-electron chi connectivity index (χ3n) is 3.47. The highest BCUT2D eigenvalue weighted by molar-refractivity contribution is 7.16. The number of aromatic nitrogens is 5. The van der Waals surface area contributed by atoms with E-state index in [1.165, 1.54) is 4.88 Å². The molecule has 5 nitrogen and oxygen atoms in total. The molecule has 4 heterocycles. The van der Waals surface area contributed by atoms with Gasteiger partial charge in [-0.2, -0.15) is 0 Å². The lowest BCUT2D eigenvalue weighted by atomic mass is 10.3. The van der Waals surface area contributed by atoms with E-state index < -0.39 is 0 Å². The highest BCUT2D eigenvalue weighted by atomic mass is 35.5. The molecule has 0 saturated heterocycles. The van der Waals surface area contributed by atoms with E-state index in [0.29, 0.717) is 12.4 Å². The number of hydrogen-bond donors (Lipinski definition) is 0. The molecular formula is C17H12ClN5S. The van der Waals surface area contributed by atoms with Crippen LogP contribution in [0.2, 0.25) is 4.34 Å². The first-order valence-electron chi connectivity index (χ1n) is 7.29. The predicted octanol–water partition coefficient (Wildman–Crippen LogP) is 4.17. The molecule has 0 saturated carbocycles. The lowest BCUT2D eigenvalue weighted by Gasteiger charge is -2.06. The molecule has 0 radical (unpaired) electrons. The summed E-state index contributed by atoms with van der Waals surface area (Å²) in [4.78, 5) is 18.7. The Morgan fingerprint density at radius 2 is 1.83 bits per heavy atom. The minimum atomic E-state index is 0.600. The van der Waals surface area contributed by atoms with Gasteiger partial charge < -0.3 is 4.57 Å². The summed E-state index contributed by atoms with van der Waals surface area (Å²) < 4.78 is 2.84. The van der Waals surface area contributed by atoms with E-state index in [-0.39, 0.29) is 0 Å². The van der Waals surface area contributed by atoms with E-state index in [1.54, 1.807) is 36.1 Å². The Kier molecular flexibility index (Phi) is 4.06. The number of thiophene rings is 1. The Hall–Kier alpha value is -2.57. The molecule has 0 aliphatic heterocycles. The molecule has 0 amide bonds. The third-order valence-corrected chi connectivity index (χ3v) is 4.69. The smallest absolute Gasteiger partial charge is 0.178 e. The topological polar surface area (TPSA) is 56.5 Å². The van der Waals surface area contributed by atoms with Crippen molar-refractivity contribution < 1.29 is 0 Å². The van der Waals surface area contributed by atoms with Crippen molar-refractivity contribution in [2.75, 3.05) is 0 Å². The zero-order valence-electron chi connectivity index (χ0n) is 12.5. The van der Waals surface area contributed by atoms with Crippen LogP contribution in [0.3, 0.4) is 0 Å². The molecule has 4 rings (SSSR count). The van der Waals surface area contributed by atoms with E-state index in [1.807, 2.05) is 36.5 Å². The van der Waals surface area contributed by atoms with Crippen LogP contribution < -0.4 is 0 Å². The number of imidazole rings is 1. The van der Waals surface area contributed by atoms with Gasteiger partial charge in [-0.1, -0.05) is 17.7 Å². The molecule has 7 heteroatoms. The standard InChI is InChI=1S/C17H12ClN5S/c18-15-5-4-13(24-15)11-23-8-7-20-17(23)12-9-21-16(22-10-12)14-3-1-2-6-19-14/h1-10H,11H2. The summed E-state index contributed by atoms with van der Waals surface area (Å²) in [5.41, 5.74) is 1.61. The first-order valence-corrected chi connectivity index (χ1v) is 8.48. The largest absolute Gasteiger partial charge is 0.326 e. The van der Waals surface area contributed by atoms with Gasteiger partial charge in [0, 0.05) is 35.9 Å². The van der Waals surface area contributed by atoms with Crippen LogP contribution in [0.25, 0.3) is 22.9 Å². The molecule has 0 atom stereocenters. The van der Waals surface area contributed by atoms with Gasteiger partial charge >= 0.3 is 0 Å². The van der Waals surface area contributed by atoms with Crippen LogP contribution in [0.1, 0.15) is 4.88 Å². The van der Waals surface area contributed by atoms with Crippen molar-refractivity contribution >= 4 is 22.9 Å². The van der Waals surface area contributed by atoms with Crippen molar-refractivity contribution in [3.63, 3.8) is 0 Å². The van der Waals surface area contributed by atoms with E-state index >= 15 is 0 Å². The quantitative estimate of drug-likeness (QED) is 0.552. The van der Waals surface area contributed by atoms with Crippen LogP contribution in [0.4, 0.5) is 0 Å². The second kappa shape index (κ2) is 6.51. The Balaban J connectivity index is 1.62. The van der Waals surface area contributed by atoms with Gasteiger partial charge in [0.1, 0.15) is 11.5 Å². The molecule has 24 heavy (non-hydrogen) atoms. The Labute approximate surface area is 147 Å². The van der Waals surface area contributed by atoms with Crippen LogP contribution in [0.15, 0.2) is 61.3 Å². The fraction of sp³-hybridized carbons (Fsp3) is 0.0588. The monoisotopic (exact) mass is 353 g/mol. The van der Waals surface area contributed by atoms with Gasteiger partial charge in [0.2, 0.25) is 0 Å². The maximum atomic E-state index is 6.00. The number of pyridine rings is 1. The van der Waals surface area contributed by atoms with Crippen LogP contribution in [-0.4, -0.2) is 24.5 Å². The van der Waals surface area contributed by atoms with Crippen molar-refractivity contribution in [2.45, 2.75) is 6.54 Å². The second-order valence-electron chi connectivity index (χ2n) is 5.09. The van der Waals surface area contributed by atoms with Crippen molar-refractivity contribution in [3.8, 4) is 22.9 Å². The minimum Gasteiger partial charge on any atom is -0.326 e. The zero-order chi connectivity index (χ0) is 16.4. The van der Waals surface area contributed by atoms with Crippen LogP contribution in [-0.2, 0) is 6.54 Å². The van der Waals surface area contributed by atoms with E-state index in [0.717, 1.165) is 21.4 Å². The minimum absolute atomic E-state index is 0.600. The van der Waals surface area contributed by atoms with Gasteiger partial charge in [-0.15, -0.1) is 11.3 Å². The predicted molar refractivity (Wildman–Crippen MR) is 94.9 cm³/mol. The maximum absolute atomic E-state index is 6.00. The molecule has 0 aliphatic rings. The van der Waals surface area contributed by atoms with E-state index in [4.69, 9.17) is 11.6 Å². The molecule has 0 fully saturated rings. The van der Waals surface area contributed by atoms with Crippen molar-refractivity contribution in [3.05, 3.63) is 70.5 Å². The molecule has 4 aromatic rings. The van der Waals surface area contributed by atoms with Crippen molar-refractivity contribution in [1.29, 1.82) is 0 Å². The fourth-order valence-corrected chi connectivity index (χ4v) is 3.46.